The first-order chi connectivity index (χ1) is 10.8. The van der Waals surface area contributed by atoms with Gasteiger partial charge in [-0.3, -0.25) is 4.79 Å². The molecule has 0 aliphatic carbocycles. The molecule has 1 amide bonds. The quantitative estimate of drug-likeness (QED) is 0.782. The summed E-state index contributed by atoms with van der Waals surface area (Å²) >= 11 is 1.31. The predicted octanol–water partition coefficient (Wildman–Crippen LogP) is 5.13. The average molecular weight is 339 g/mol. The van der Waals surface area contributed by atoms with Crippen molar-refractivity contribution in [2.24, 2.45) is 0 Å². The summed E-state index contributed by atoms with van der Waals surface area (Å²) in [5.74, 6) is -0.465. The Bertz CT molecular complexity index is 700. The maximum absolute atomic E-state index is 12.9. The molecule has 2 nitrogen and oxygen atoms in total. The summed E-state index contributed by atoms with van der Waals surface area (Å²) in [5, 5.41) is 1.86. The molecule has 0 fully saturated rings. The Morgan fingerprint density at radius 1 is 1.13 bits per heavy atom. The van der Waals surface area contributed by atoms with Crippen LogP contribution in [0.3, 0.4) is 0 Å². The number of para-hydroxylation sites is 1. The van der Waals surface area contributed by atoms with Crippen LogP contribution in [-0.4, -0.2) is 11.2 Å². The van der Waals surface area contributed by atoms with E-state index in [9.17, 15) is 18.0 Å². The first kappa shape index (κ1) is 17.4. The highest BCUT2D eigenvalue weighted by Gasteiger charge is 2.33. The molecule has 0 spiro atoms. The number of alkyl halides is 3. The molecule has 0 bridgehead atoms. The normalized spacial score (nSPS) is 12.7. The average Bonchev–Trinajstić information content (AvgIpc) is 2.46. The number of nitrogens with one attached hydrogen (secondary N) is 1. The third kappa shape index (κ3) is 4.76. The molecule has 0 saturated heterocycles. The fourth-order valence-electron chi connectivity index (χ4n) is 2.02. The van der Waals surface area contributed by atoms with Crippen LogP contribution < -0.4 is 5.32 Å². The lowest BCUT2D eigenvalue weighted by Gasteiger charge is -2.16. The van der Waals surface area contributed by atoms with Crippen molar-refractivity contribution in [1.82, 2.24) is 0 Å². The van der Waals surface area contributed by atoms with Gasteiger partial charge in [0.15, 0.2) is 0 Å². The van der Waals surface area contributed by atoms with Crippen molar-refractivity contribution in [1.29, 1.82) is 0 Å². The van der Waals surface area contributed by atoms with Gasteiger partial charge in [-0.25, -0.2) is 0 Å². The van der Waals surface area contributed by atoms with Crippen molar-refractivity contribution in [2.75, 3.05) is 5.32 Å². The van der Waals surface area contributed by atoms with Gasteiger partial charge in [0.2, 0.25) is 5.91 Å². The van der Waals surface area contributed by atoms with Crippen LogP contribution in [-0.2, 0) is 11.0 Å². The fraction of sp³-hybridized carbons (Fsp3) is 0.235. The number of amides is 1. The number of carbonyl (C=O) groups is 1. The molecular weight excluding hydrogens is 323 g/mol. The van der Waals surface area contributed by atoms with Crippen LogP contribution in [0.2, 0.25) is 0 Å². The monoisotopic (exact) mass is 339 g/mol. The highest BCUT2D eigenvalue weighted by molar-refractivity contribution is 8.00. The lowest BCUT2D eigenvalue weighted by atomic mass is 10.1. The topological polar surface area (TPSA) is 29.1 Å². The molecule has 2 aromatic carbocycles. The molecule has 23 heavy (non-hydrogen) atoms. The first-order valence-electron chi connectivity index (χ1n) is 6.98. The minimum absolute atomic E-state index is 0.221. The van der Waals surface area contributed by atoms with Crippen molar-refractivity contribution in [2.45, 2.75) is 30.2 Å². The molecule has 0 aliphatic rings. The van der Waals surface area contributed by atoms with Crippen molar-refractivity contribution in [3.8, 4) is 0 Å². The summed E-state index contributed by atoms with van der Waals surface area (Å²) in [6.07, 6.45) is -4.50. The van der Waals surface area contributed by atoms with E-state index >= 15 is 0 Å². The molecule has 1 unspecified atom stereocenters. The second-order valence-electron chi connectivity index (χ2n) is 5.11. The zero-order chi connectivity index (χ0) is 17.0. The summed E-state index contributed by atoms with van der Waals surface area (Å²) in [6.45, 7) is 3.60. The van der Waals surface area contributed by atoms with Gasteiger partial charge in [0.05, 0.1) is 16.5 Å². The SMILES string of the molecule is Cc1cccc(SC(C)C(=O)Nc2ccccc2C(F)(F)F)c1. The van der Waals surface area contributed by atoms with Gasteiger partial charge in [0.1, 0.15) is 0 Å². The molecule has 0 aromatic heterocycles. The number of carbonyl (C=O) groups excluding carboxylic acids is 1. The minimum atomic E-state index is -4.50. The lowest BCUT2D eigenvalue weighted by molar-refractivity contribution is -0.137. The maximum atomic E-state index is 12.9. The van der Waals surface area contributed by atoms with Gasteiger partial charge >= 0.3 is 6.18 Å². The summed E-state index contributed by atoms with van der Waals surface area (Å²) in [7, 11) is 0. The fourth-order valence-corrected chi connectivity index (χ4v) is 3.01. The van der Waals surface area contributed by atoms with Crippen LogP contribution in [0.4, 0.5) is 18.9 Å². The first-order valence-corrected chi connectivity index (χ1v) is 7.86. The van der Waals surface area contributed by atoms with E-state index < -0.39 is 22.9 Å². The number of anilines is 1. The maximum Gasteiger partial charge on any atom is 0.418 e. The zero-order valence-electron chi connectivity index (χ0n) is 12.6. The van der Waals surface area contributed by atoms with Gasteiger partial charge in [-0.05, 0) is 38.1 Å². The van der Waals surface area contributed by atoms with Gasteiger partial charge in [-0.2, -0.15) is 13.2 Å². The van der Waals surface area contributed by atoms with E-state index in [4.69, 9.17) is 0 Å². The van der Waals surface area contributed by atoms with Crippen LogP contribution in [0.25, 0.3) is 0 Å². The molecule has 0 saturated carbocycles. The summed E-state index contributed by atoms with van der Waals surface area (Å²) in [4.78, 5) is 13.1. The van der Waals surface area contributed by atoms with E-state index in [-0.39, 0.29) is 5.69 Å². The summed E-state index contributed by atoms with van der Waals surface area (Å²) < 4.78 is 38.8. The Morgan fingerprint density at radius 3 is 2.48 bits per heavy atom. The number of aryl methyl sites for hydroxylation is 1. The number of halogens is 3. The van der Waals surface area contributed by atoms with Crippen LogP contribution in [0.15, 0.2) is 53.4 Å². The van der Waals surface area contributed by atoms with Gasteiger partial charge in [0.25, 0.3) is 0 Å². The van der Waals surface area contributed by atoms with E-state index in [0.29, 0.717) is 0 Å². The second-order valence-corrected chi connectivity index (χ2v) is 6.52. The molecule has 2 rings (SSSR count). The number of hydrogen-bond donors (Lipinski definition) is 1. The highest BCUT2D eigenvalue weighted by atomic mass is 32.2. The molecule has 1 N–H and O–H groups in total. The molecule has 0 aliphatic heterocycles. The molecule has 2 aromatic rings. The molecule has 6 heteroatoms. The highest BCUT2D eigenvalue weighted by Crippen LogP contribution is 2.35. The third-order valence-corrected chi connectivity index (χ3v) is 4.26. The van der Waals surface area contributed by atoms with Gasteiger partial charge in [-0.15, -0.1) is 11.8 Å². The zero-order valence-corrected chi connectivity index (χ0v) is 13.5. The Balaban J connectivity index is 2.10. The summed E-state index contributed by atoms with van der Waals surface area (Å²) in [6, 6.07) is 12.6. The van der Waals surface area contributed by atoms with Gasteiger partial charge < -0.3 is 5.32 Å². The molecular formula is C17H16F3NOS. The number of rotatable bonds is 4. The van der Waals surface area contributed by atoms with Crippen LogP contribution in [0.5, 0.6) is 0 Å². The Morgan fingerprint density at radius 2 is 1.83 bits per heavy atom. The Hall–Kier alpha value is -1.95. The number of hydrogen-bond acceptors (Lipinski definition) is 2. The van der Waals surface area contributed by atoms with E-state index in [1.54, 1.807) is 6.92 Å². The second kappa shape index (κ2) is 7.08. The van der Waals surface area contributed by atoms with Gasteiger partial charge in [-0.1, -0.05) is 29.8 Å². The molecule has 1 atom stereocenters. The summed E-state index contributed by atoms with van der Waals surface area (Å²) in [5.41, 5.74) is -0.00665. The van der Waals surface area contributed by atoms with Crippen molar-refractivity contribution in [3.63, 3.8) is 0 Å². The van der Waals surface area contributed by atoms with E-state index in [1.807, 2.05) is 31.2 Å². The van der Waals surface area contributed by atoms with E-state index in [2.05, 4.69) is 5.32 Å². The number of thioether (sulfide) groups is 1. The molecule has 0 radical (unpaired) electrons. The standard InChI is InChI=1S/C17H16F3NOS/c1-11-6-5-7-13(10-11)23-12(2)16(22)21-15-9-4-3-8-14(15)17(18,19)20/h3-10,12H,1-2H3,(H,21,22). The largest absolute Gasteiger partial charge is 0.418 e. The predicted molar refractivity (Wildman–Crippen MR) is 86.6 cm³/mol. The Kier molecular flexibility index (Phi) is 5.36. The van der Waals surface area contributed by atoms with Crippen molar-refractivity contribution in [3.05, 3.63) is 59.7 Å². The third-order valence-electron chi connectivity index (χ3n) is 3.16. The van der Waals surface area contributed by atoms with Crippen LogP contribution in [0, 0.1) is 6.92 Å². The number of benzene rings is 2. The van der Waals surface area contributed by atoms with E-state index in [1.165, 1.54) is 30.0 Å². The van der Waals surface area contributed by atoms with Crippen LogP contribution in [0.1, 0.15) is 18.1 Å². The van der Waals surface area contributed by atoms with Gasteiger partial charge in [0, 0.05) is 4.90 Å². The molecule has 0 heterocycles. The van der Waals surface area contributed by atoms with Crippen molar-refractivity contribution >= 4 is 23.4 Å². The lowest BCUT2D eigenvalue weighted by Crippen LogP contribution is -2.24. The minimum Gasteiger partial charge on any atom is -0.325 e. The molecule has 122 valence electrons. The van der Waals surface area contributed by atoms with Crippen LogP contribution >= 0.6 is 11.8 Å². The van der Waals surface area contributed by atoms with Crippen molar-refractivity contribution < 1.29 is 18.0 Å². The Labute approximate surface area is 137 Å². The van der Waals surface area contributed by atoms with E-state index in [0.717, 1.165) is 16.5 Å². The smallest absolute Gasteiger partial charge is 0.325 e.